The number of amides is 1. The number of halogens is 3. The summed E-state index contributed by atoms with van der Waals surface area (Å²) in [6.45, 7) is 1.56. The minimum Gasteiger partial charge on any atom is -0.378 e. The largest absolute Gasteiger partial charge is 0.416 e. The molecule has 2 N–H and O–H groups in total. The Kier molecular flexibility index (Phi) is 6.95. The first kappa shape index (κ1) is 23.6. The van der Waals surface area contributed by atoms with Crippen molar-refractivity contribution >= 4 is 11.6 Å². The van der Waals surface area contributed by atoms with Gasteiger partial charge in [0.25, 0.3) is 0 Å². The van der Waals surface area contributed by atoms with Crippen LogP contribution in [0.15, 0.2) is 48.5 Å². The lowest BCUT2D eigenvalue weighted by atomic mass is 9.74. The van der Waals surface area contributed by atoms with E-state index in [2.05, 4.69) is 10.6 Å². The molecule has 0 aliphatic carbocycles. The van der Waals surface area contributed by atoms with Gasteiger partial charge in [0.15, 0.2) is 0 Å². The van der Waals surface area contributed by atoms with Crippen molar-refractivity contribution in [2.45, 2.75) is 31.2 Å². The van der Waals surface area contributed by atoms with Crippen molar-refractivity contribution in [3.63, 3.8) is 0 Å². The molecule has 33 heavy (non-hydrogen) atoms. The number of rotatable bonds is 6. The molecule has 4 unspecified atom stereocenters. The highest BCUT2D eigenvalue weighted by atomic mass is 19.4. The maximum atomic E-state index is 13.4. The molecule has 5 nitrogen and oxygen atoms in total. The lowest BCUT2D eigenvalue weighted by molar-refractivity contribution is -0.137. The van der Waals surface area contributed by atoms with Gasteiger partial charge in [0.2, 0.25) is 5.91 Å². The second-order valence-corrected chi connectivity index (χ2v) is 9.21. The van der Waals surface area contributed by atoms with Gasteiger partial charge >= 0.3 is 6.18 Å². The highest BCUT2D eigenvalue weighted by molar-refractivity contribution is 5.76. The second-order valence-electron chi connectivity index (χ2n) is 9.21. The van der Waals surface area contributed by atoms with Crippen molar-refractivity contribution in [1.29, 1.82) is 0 Å². The highest BCUT2D eigenvalue weighted by Gasteiger charge is 2.43. The molecule has 0 aromatic heterocycles. The van der Waals surface area contributed by atoms with Crippen molar-refractivity contribution in [3.05, 3.63) is 65.2 Å². The zero-order valence-electron chi connectivity index (χ0n) is 18.9. The molecule has 0 radical (unpaired) electrons. The van der Waals surface area contributed by atoms with Crippen molar-refractivity contribution in [1.82, 2.24) is 10.2 Å². The minimum absolute atomic E-state index is 0.00707. The van der Waals surface area contributed by atoms with Crippen LogP contribution in [-0.4, -0.2) is 44.6 Å². The number of fused-ring (bicyclic) bond motifs is 3. The van der Waals surface area contributed by atoms with E-state index in [4.69, 9.17) is 4.74 Å². The second kappa shape index (κ2) is 9.73. The number of nitrogens with one attached hydrogen (secondary N) is 2. The average Bonchev–Trinajstić information content (AvgIpc) is 2.80. The molecule has 8 heteroatoms. The van der Waals surface area contributed by atoms with E-state index in [-0.39, 0.29) is 23.8 Å². The molecule has 1 fully saturated rings. The van der Waals surface area contributed by atoms with E-state index in [9.17, 15) is 18.0 Å². The molecule has 2 heterocycles. The molecule has 2 aromatic carbocycles. The first-order valence-corrected chi connectivity index (χ1v) is 11.3. The van der Waals surface area contributed by atoms with Crippen LogP contribution in [0.4, 0.5) is 18.9 Å². The van der Waals surface area contributed by atoms with E-state index in [0.717, 1.165) is 18.1 Å². The first-order chi connectivity index (χ1) is 15.7. The molecule has 0 bridgehead atoms. The molecular formula is C25H30F3N3O2. The quantitative estimate of drug-likeness (QED) is 0.659. The Bertz CT molecular complexity index is 965. The lowest BCUT2D eigenvalue weighted by Crippen LogP contribution is -2.42. The van der Waals surface area contributed by atoms with Crippen molar-refractivity contribution < 1.29 is 22.7 Å². The Balaban J connectivity index is 1.55. The zero-order valence-corrected chi connectivity index (χ0v) is 18.9. The molecule has 2 aliphatic heterocycles. The van der Waals surface area contributed by atoms with Gasteiger partial charge < -0.3 is 20.3 Å². The molecule has 2 aromatic rings. The van der Waals surface area contributed by atoms with E-state index >= 15 is 0 Å². The third-order valence-corrected chi connectivity index (χ3v) is 6.46. The summed E-state index contributed by atoms with van der Waals surface area (Å²) >= 11 is 0. The number of nitrogens with zero attached hydrogens (tertiary/aromatic N) is 1. The van der Waals surface area contributed by atoms with Crippen molar-refractivity contribution in [3.8, 4) is 0 Å². The fraction of sp³-hybridized carbons (Fsp3) is 0.480. The van der Waals surface area contributed by atoms with E-state index in [1.165, 1.54) is 12.1 Å². The van der Waals surface area contributed by atoms with E-state index < -0.39 is 17.8 Å². The summed E-state index contributed by atoms with van der Waals surface area (Å²) in [6, 6.07) is 13.6. The van der Waals surface area contributed by atoms with Crippen molar-refractivity contribution in [2.75, 3.05) is 39.1 Å². The fourth-order valence-electron chi connectivity index (χ4n) is 4.76. The molecule has 0 saturated carbocycles. The predicted molar refractivity (Wildman–Crippen MR) is 121 cm³/mol. The summed E-state index contributed by atoms with van der Waals surface area (Å²) in [7, 11) is 3.84. The highest BCUT2D eigenvalue weighted by Crippen LogP contribution is 2.51. The molecule has 1 amide bonds. The monoisotopic (exact) mass is 461 g/mol. The van der Waals surface area contributed by atoms with Crippen LogP contribution in [0.1, 0.15) is 41.7 Å². The molecule has 178 valence electrons. The number of benzene rings is 2. The smallest absolute Gasteiger partial charge is 0.378 e. The Hall–Kier alpha value is -2.58. The predicted octanol–water partition coefficient (Wildman–Crippen LogP) is 4.63. The van der Waals surface area contributed by atoms with E-state index in [1.54, 1.807) is 0 Å². The normalized spacial score (nSPS) is 24.5. The van der Waals surface area contributed by atoms with Gasteiger partial charge in [-0.2, -0.15) is 13.2 Å². The number of hydrogen-bond acceptors (Lipinski definition) is 4. The maximum Gasteiger partial charge on any atom is 0.416 e. The van der Waals surface area contributed by atoms with E-state index in [1.807, 2.05) is 49.3 Å². The van der Waals surface area contributed by atoms with Gasteiger partial charge in [0.05, 0.1) is 24.3 Å². The van der Waals surface area contributed by atoms with Crippen LogP contribution in [0, 0.1) is 11.8 Å². The van der Waals surface area contributed by atoms with Gasteiger partial charge in [-0.15, -0.1) is 0 Å². The van der Waals surface area contributed by atoms with Crippen LogP contribution >= 0.6 is 0 Å². The third kappa shape index (κ3) is 5.50. The summed E-state index contributed by atoms with van der Waals surface area (Å²) in [4.78, 5) is 14.1. The van der Waals surface area contributed by atoms with Gasteiger partial charge in [-0.25, -0.2) is 0 Å². The minimum atomic E-state index is -4.41. The Morgan fingerprint density at radius 1 is 1.18 bits per heavy atom. The van der Waals surface area contributed by atoms with Gasteiger partial charge in [0.1, 0.15) is 0 Å². The molecule has 1 saturated heterocycles. The average molecular weight is 462 g/mol. The van der Waals surface area contributed by atoms with Crippen LogP contribution in [-0.2, 0) is 15.7 Å². The van der Waals surface area contributed by atoms with Gasteiger partial charge in [-0.3, -0.25) is 4.79 Å². The molecular weight excluding hydrogens is 431 g/mol. The summed E-state index contributed by atoms with van der Waals surface area (Å²) in [5.74, 6) is 0.0306. The Morgan fingerprint density at radius 2 is 1.94 bits per heavy atom. The molecule has 2 aliphatic rings. The number of carbonyl (C=O) groups is 1. The Morgan fingerprint density at radius 3 is 2.64 bits per heavy atom. The summed E-state index contributed by atoms with van der Waals surface area (Å²) < 4.78 is 46.3. The summed E-state index contributed by atoms with van der Waals surface area (Å²) in [5, 5.41) is 6.46. The van der Waals surface area contributed by atoms with Gasteiger partial charge in [-0.05, 0) is 44.3 Å². The molecule has 4 atom stereocenters. The summed E-state index contributed by atoms with van der Waals surface area (Å²) in [6.07, 6.45) is -3.68. The van der Waals surface area contributed by atoms with Crippen LogP contribution in [0.3, 0.4) is 0 Å². The fourth-order valence-corrected chi connectivity index (χ4v) is 4.76. The van der Waals surface area contributed by atoms with Crippen LogP contribution in [0.2, 0.25) is 0 Å². The number of carbonyl (C=O) groups excluding carboxylic acids is 1. The van der Waals surface area contributed by atoms with Crippen molar-refractivity contribution in [2.24, 2.45) is 11.8 Å². The van der Waals surface area contributed by atoms with Crippen LogP contribution in [0.5, 0.6) is 0 Å². The number of ether oxygens (including phenoxy) is 1. The Labute approximate surface area is 192 Å². The standard InChI is InChI=1S/C25H30F3N3O2/c1-31(2)11-10-22(32)29-14-16-12-20-23(17-6-4-3-5-7-17)30-21-9-8-18(25(26,27)28)13-19(21)24(20)33-15-16/h3-9,13,16,20,23-24,30H,10-12,14-15H2,1-2H3,(H,29,32). The topological polar surface area (TPSA) is 53.6 Å². The number of alkyl halides is 3. The van der Waals surface area contributed by atoms with Crippen LogP contribution in [0.25, 0.3) is 0 Å². The molecule has 4 rings (SSSR count). The number of anilines is 1. The SMILES string of the molecule is CN(C)CCC(=O)NCC1COC2c3cc(C(F)(F)F)ccc3NC(c3ccccc3)C2C1. The maximum absolute atomic E-state index is 13.4. The van der Waals surface area contributed by atoms with Crippen LogP contribution < -0.4 is 10.6 Å². The third-order valence-electron chi connectivity index (χ3n) is 6.46. The van der Waals surface area contributed by atoms with E-state index in [0.29, 0.717) is 37.4 Å². The first-order valence-electron chi connectivity index (χ1n) is 11.3. The molecule has 0 spiro atoms. The zero-order chi connectivity index (χ0) is 23.6. The summed E-state index contributed by atoms with van der Waals surface area (Å²) in [5.41, 5.74) is 1.63. The van der Waals surface area contributed by atoms with Gasteiger partial charge in [0, 0.05) is 42.6 Å². The van der Waals surface area contributed by atoms with Gasteiger partial charge in [-0.1, -0.05) is 30.3 Å². The number of hydrogen-bond donors (Lipinski definition) is 2. The lowest BCUT2D eigenvalue weighted by Gasteiger charge is -2.45.